The van der Waals surface area contributed by atoms with Gasteiger partial charge in [0.05, 0.1) is 6.61 Å². The van der Waals surface area contributed by atoms with Crippen LogP contribution in [-0.2, 0) is 0 Å². The van der Waals surface area contributed by atoms with Gasteiger partial charge in [-0.1, -0.05) is 0 Å². The molecule has 1 heterocycles. The molecule has 1 aromatic rings. The van der Waals surface area contributed by atoms with Crippen LogP contribution in [0.15, 0.2) is 12.1 Å². The molecule has 0 N–H and O–H groups in total. The Balaban J connectivity index is 2.89. The van der Waals surface area contributed by atoms with E-state index in [9.17, 15) is 8.78 Å². The summed E-state index contributed by atoms with van der Waals surface area (Å²) >= 11 is 1.96. The number of nitrogens with zero attached hydrogens (tertiary/aromatic N) is 1. The molecule has 78 valence electrons. The zero-order valence-electron chi connectivity index (χ0n) is 7.34. The fourth-order valence-corrected chi connectivity index (χ4v) is 1.23. The van der Waals surface area contributed by atoms with Crippen LogP contribution in [0, 0.1) is 3.70 Å². The van der Waals surface area contributed by atoms with E-state index in [1.165, 1.54) is 6.07 Å². The van der Waals surface area contributed by atoms with Gasteiger partial charge in [0.15, 0.2) is 5.75 Å². The Morgan fingerprint density at radius 1 is 1.50 bits per heavy atom. The Morgan fingerprint density at radius 3 is 2.79 bits per heavy atom. The molecule has 0 saturated heterocycles. The van der Waals surface area contributed by atoms with Gasteiger partial charge < -0.3 is 9.47 Å². The van der Waals surface area contributed by atoms with E-state index in [4.69, 9.17) is 4.74 Å². The molecule has 1 rings (SSSR count). The maximum atomic E-state index is 11.9. The van der Waals surface area contributed by atoms with Crippen molar-refractivity contribution < 1.29 is 18.3 Å². The molecule has 0 fully saturated rings. The molecule has 14 heavy (non-hydrogen) atoms. The Kier molecular flexibility index (Phi) is 4.30. The fraction of sp³-hybridized carbons (Fsp3) is 0.375. The van der Waals surface area contributed by atoms with Crippen LogP contribution in [0.1, 0.15) is 6.92 Å². The summed E-state index contributed by atoms with van der Waals surface area (Å²) < 4.78 is 33.8. The van der Waals surface area contributed by atoms with Crippen LogP contribution in [0.5, 0.6) is 11.6 Å². The van der Waals surface area contributed by atoms with Crippen molar-refractivity contribution in [2.45, 2.75) is 13.5 Å². The summed E-state index contributed by atoms with van der Waals surface area (Å²) in [4.78, 5) is 3.92. The summed E-state index contributed by atoms with van der Waals surface area (Å²) in [5.41, 5.74) is 0. The Morgan fingerprint density at radius 2 is 2.21 bits per heavy atom. The van der Waals surface area contributed by atoms with Crippen molar-refractivity contribution in [3.05, 3.63) is 15.8 Å². The van der Waals surface area contributed by atoms with Crippen molar-refractivity contribution in [2.24, 2.45) is 0 Å². The first kappa shape index (κ1) is 11.4. The summed E-state index contributed by atoms with van der Waals surface area (Å²) in [6, 6.07) is 2.98. The third-order valence-corrected chi connectivity index (χ3v) is 1.89. The minimum atomic E-state index is -2.86. The summed E-state index contributed by atoms with van der Waals surface area (Å²) in [6.07, 6.45) is 0. The Hall–Kier alpha value is -0.660. The van der Waals surface area contributed by atoms with Gasteiger partial charge in [0.1, 0.15) is 3.70 Å². The topological polar surface area (TPSA) is 31.4 Å². The first-order chi connectivity index (χ1) is 6.63. The molecule has 0 atom stereocenters. The average Bonchev–Trinajstić information content (AvgIpc) is 2.09. The van der Waals surface area contributed by atoms with E-state index in [-0.39, 0.29) is 11.6 Å². The molecule has 3 nitrogen and oxygen atoms in total. The molecule has 0 spiro atoms. The Bertz CT molecular complexity index is 309. The van der Waals surface area contributed by atoms with Crippen LogP contribution in [0.25, 0.3) is 0 Å². The predicted molar refractivity (Wildman–Crippen MR) is 54.8 cm³/mol. The fourth-order valence-electron chi connectivity index (χ4n) is 0.831. The van der Waals surface area contributed by atoms with Crippen LogP contribution < -0.4 is 9.47 Å². The van der Waals surface area contributed by atoms with Gasteiger partial charge in [-0.05, 0) is 41.6 Å². The number of hydrogen-bond donors (Lipinski definition) is 0. The highest BCUT2D eigenvalue weighted by molar-refractivity contribution is 14.1. The maximum absolute atomic E-state index is 11.9. The molecule has 0 saturated carbocycles. The van der Waals surface area contributed by atoms with E-state index in [2.05, 4.69) is 9.72 Å². The van der Waals surface area contributed by atoms with Crippen molar-refractivity contribution in [2.75, 3.05) is 6.61 Å². The third kappa shape index (κ3) is 3.24. The van der Waals surface area contributed by atoms with Gasteiger partial charge in [-0.25, -0.2) is 4.98 Å². The molecule has 0 unspecified atom stereocenters. The lowest BCUT2D eigenvalue weighted by atomic mass is 10.4. The lowest BCUT2D eigenvalue weighted by Gasteiger charge is -2.09. The molecular weight excluding hydrogens is 307 g/mol. The van der Waals surface area contributed by atoms with Gasteiger partial charge in [-0.3, -0.25) is 0 Å². The predicted octanol–water partition coefficient (Wildman–Crippen LogP) is 2.69. The quantitative estimate of drug-likeness (QED) is 0.632. The second kappa shape index (κ2) is 5.28. The van der Waals surface area contributed by atoms with E-state index in [1.807, 2.05) is 22.6 Å². The zero-order chi connectivity index (χ0) is 10.6. The number of alkyl halides is 2. The lowest BCUT2D eigenvalue weighted by Crippen LogP contribution is -2.06. The SMILES string of the molecule is CCOc1nc(I)ccc1OC(F)F. The summed E-state index contributed by atoms with van der Waals surface area (Å²) in [5, 5.41) is 0. The molecule has 6 heteroatoms. The summed E-state index contributed by atoms with van der Waals surface area (Å²) in [7, 11) is 0. The number of pyridine rings is 1. The monoisotopic (exact) mass is 315 g/mol. The van der Waals surface area contributed by atoms with Gasteiger partial charge >= 0.3 is 6.61 Å². The highest BCUT2D eigenvalue weighted by atomic mass is 127. The normalized spacial score (nSPS) is 10.4. The minimum absolute atomic E-state index is 0.0396. The van der Waals surface area contributed by atoms with Crippen molar-refractivity contribution in [1.29, 1.82) is 0 Å². The minimum Gasteiger partial charge on any atom is -0.475 e. The van der Waals surface area contributed by atoms with Crippen LogP contribution >= 0.6 is 22.6 Å². The van der Waals surface area contributed by atoms with E-state index >= 15 is 0 Å². The van der Waals surface area contributed by atoms with E-state index in [0.717, 1.165) is 0 Å². The van der Waals surface area contributed by atoms with Crippen LogP contribution in [0.2, 0.25) is 0 Å². The molecule has 0 aliphatic rings. The number of ether oxygens (including phenoxy) is 2. The van der Waals surface area contributed by atoms with Crippen molar-refractivity contribution in [3.8, 4) is 11.6 Å². The van der Waals surface area contributed by atoms with Gasteiger partial charge in [0.25, 0.3) is 5.88 Å². The van der Waals surface area contributed by atoms with Crippen molar-refractivity contribution >= 4 is 22.6 Å². The lowest BCUT2D eigenvalue weighted by molar-refractivity contribution is -0.0518. The first-order valence-corrected chi connectivity index (χ1v) is 4.95. The van der Waals surface area contributed by atoms with Gasteiger partial charge in [0, 0.05) is 0 Å². The maximum Gasteiger partial charge on any atom is 0.387 e. The second-order valence-electron chi connectivity index (χ2n) is 2.25. The number of aromatic nitrogens is 1. The summed E-state index contributed by atoms with van der Waals surface area (Å²) in [6.45, 7) is -0.767. The van der Waals surface area contributed by atoms with E-state index in [1.54, 1.807) is 13.0 Å². The summed E-state index contributed by atoms with van der Waals surface area (Å²) in [5.74, 6) is 0.0574. The largest absolute Gasteiger partial charge is 0.475 e. The smallest absolute Gasteiger partial charge is 0.387 e. The molecule has 0 aliphatic heterocycles. The molecule has 0 amide bonds. The van der Waals surface area contributed by atoms with E-state index < -0.39 is 6.61 Å². The second-order valence-corrected chi connectivity index (χ2v) is 3.35. The van der Waals surface area contributed by atoms with Crippen molar-refractivity contribution in [3.63, 3.8) is 0 Å². The molecular formula is C8H8F2INO2. The van der Waals surface area contributed by atoms with Crippen LogP contribution in [0.4, 0.5) is 8.78 Å². The van der Waals surface area contributed by atoms with E-state index in [0.29, 0.717) is 10.3 Å². The molecule has 0 aliphatic carbocycles. The highest BCUT2D eigenvalue weighted by Crippen LogP contribution is 2.26. The molecule has 1 aromatic heterocycles. The molecule has 0 aromatic carbocycles. The van der Waals surface area contributed by atoms with Crippen molar-refractivity contribution in [1.82, 2.24) is 4.98 Å². The Labute approximate surface area is 93.6 Å². The first-order valence-electron chi connectivity index (χ1n) is 3.87. The number of hydrogen-bond acceptors (Lipinski definition) is 3. The third-order valence-electron chi connectivity index (χ3n) is 1.29. The molecule has 0 bridgehead atoms. The number of rotatable bonds is 4. The average molecular weight is 315 g/mol. The molecule has 0 radical (unpaired) electrons. The number of halogens is 3. The van der Waals surface area contributed by atoms with Crippen LogP contribution in [0.3, 0.4) is 0 Å². The van der Waals surface area contributed by atoms with Gasteiger partial charge in [0.2, 0.25) is 0 Å². The highest BCUT2D eigenvalue weighted by Gasteiger charge is 2.12. The van der Waals surface area contributed by atoms with Gasteiger partial charge in [-0.2, -0.15) is 8.78 Å². The standard InChI is InChI=1S/C8H8F2INO2/c1-2-13-7-5(14-8(9)10)3-4-6(11)12-7/h3-4,8H,2H2,1H3. The zero-order valence-corrected chi connectivity index (χ0v) is 9.49. The van der Waals surface area contributed by atoms with Gasteiger partial charge in [-0.15, -0.1) is 0 Å². The van der Waals surface area contributed by atoms with Crippen LogP contribution in [-0.4, -0.2) is 18.2 Å².